The lowest BCUT2D eigenvalue weighted by atomic mass is 10.2. The van der Waals surface area contributed by atoms with Crippen molar-refractivity contribution in [1.82, 2.24) is 10.0 Å². The summed E-state index contributed by atoms with van der Waals surface area (Å²) in [5.41, 5.74) is 1.76. The van der Waals surface area contributed by atoms with Gasteiger partial charge in [-0.25, -0.2) is 17.5 Å². The molecule has 2 N–H and O–H groups in total. The van der Waals surface area contributed by atoms with Crippen LogP contribution in [0.2, 0.25) is 0 Å². The van der Waals surface area contributed by atoms with E-state index in [4.69, 9.17) is 0 Å². The van der Waals surface area contributed by atoms with Gasteiger partial charge >= 0.3 is 0 Å². The van der Waals surface area contributed by atoms with Crippen LogP contribution in [-0.4, -0.2) is 22.0 Å². The molecule has 4 nitrogen and oxygen atoms in total. The Bertz CT molecular complexity index is 685. The topological polar surface area (TPSA) is 58.2 Å². The predicted molar refractivity (Wildman–Crippen MR) is 82.4 cm³/mol. The molecule has 7 heteroatoms. The normalized spacial score (nSPS) is 11.7. The second-order valence-corrected chi connectivity index (χ2v) is 7.09. The van der Waals surface area contributed by atoms with E-state index in [1.54, 1.807) is 24.5 Å². The molecule has 0 amide bonds. The van der Waals surface area contributed by atoms with Gasteiger partial charge < -0.3 is 5.32 Å². The number of halogens is 1. The van der Waals surface area contributed by atoms with Crippen molar-refractivity contribution in [3.63, 3.8) is 0 Å². The first-order valence-electron chi connectivity index (χ1n) is 6.46. The molecule has 0 fully saturated rings. The Morgan fingerprint density at radius 1 is 1.24 bits per heavy atom. The first-order valence-corrected chi connectivity index (χ1v) is 8.89. The zero-order chi connectivity index (χ0) is 15.3. The molecule has 2 rings (SSSR count). The van der Waals surface area contributed by atoms with Gasteiger partial charge in [0.25, 0.3) is 0 Å². The van der Waals surface area contributed by atoms with Crippen molar-refractivity contribution < 1.29 is 12.8 Å². The van der Waals surface area contributed by atoms with Gasteiger partial charge in [-0.2, -0.15) is 11.3 Å². The average Bonchev–Trinajstić information content (AvgIpc) is 2.92. The molecule has 21 heavy (non-hydrogen) atoms. The highest BCUT2D eigenvalue weighted by Gasteiger charge is 2.18. The summed E-state index contributed by atoms with van der Waals surface area (Å²) in [5, 5.41) is 6.78. The minimum absolute atomic E-state index is 0.247. The number of nitrogens with one attached hydrogen (secondary N) is 2. The van der Waals surface area contributed by atoms with Gasteiger partial charge in [0.2, 0.25) is 10.0 Å². The maximum atomic E-state index is 13.9. The number of hydrogen-bond donors (Lipinski definition) is 2. The molecule has 0 saturated carbocycles. The molecule has 0 aliphatic rings. The van der Waals surface area contributed by atoms with Crippen molar-refractivity contribution in [2.45, 2.75) is 17.9 Å². The fraction of sp³-hybridized carbons (Fsp3) is 0.286. The van der Waals surface area contributed by atoms with Gasteiger partial charge in [-0.05, 0) is 53.6 Å². The van der Waals surface area contributed by atoms with E-state index in [2.05, 4.69) is 10.0 Å². The quantitative estimate of drug-likeness (QED) is 0.818. The van der Waals surface area contributed by atoms with E-state index in [1.807, 2.05) is 16.8 Å². The number of thiophene rings is 1. The minimum atomic E-state index is -3.82. The van der Waals surface area contributed by atoms with Gasteiger partial charge in [0.1, 0.15) is 10.7 Å². The Hall–Kier alpha value is -1.28. The smallest absolute Gasteiger partial charge is 0.243 e. The van der Waals surface area contributed by atoms with E-state index in [0.717, 1.165) is 5.56 Å². The number of sulfonamides is 1. The molecule has 114 valence electrons. The molecule has 0 atom stereocenters. The Morgan fingerprint density at radius 3 is 2.67 bits per heavy atom. The molecular weight excluding hydrogens is 311 g/mol. The standard InChI is InChI=1S/C14H17FN2O2S2/c1-16-9-12-2-3-14(13(15)8-12)21(18,19)17-6-4-11-5-7-20-10-11/h2-3,5,7-8,10,16-17H,4,6,9H2,1H3. The van der Waals surface area contributed by atoms with Crippen molar-refractivity contribution in [2.75, 3.05) is 13.6 Å². The molecule has 1 aromatic heterocycles. The van der Waals surface area contributed by atoms with Crippen LogP contribution in [0, 0.1) is 5.82 Å². The Kier molecular flexibility index (Phi) is 5.46. The first-order chi connectivity index (χ1) is 10.0. The van der Waals surface area contributed by atoms with Crippen LogP contribution >= 0.6 is 11.3 Å². The molecule has 0 spiro atoms. The third-order valence-electron chi connectivity index (χ3n) is 2.95. The largest absolute Gasteiger partial charge is 0.316 e. The van der Waals surface area contributed by atoms with Crippen LogP contribution in [0.25, 0.3) is 0 Å². The fourth-order valence-corrected chi connectivity index (χ4v) is 3.71. The van der Waals surface area contributed by atoms with E-state index in [0.29, 0.717) is 18.5 Å². The van der Waals surface area contributed by atoms with Gasteiger partial charge in [0.05, 0.1) is 0 Å². The number of rotatable bonds is 7. The highest BCUT2D eigenvalue weighted by Crippen LogP contribution is 2.16. The van der Waals surface area contributed by atoms with Crippen LogP contribution in [0.5, 0.6) is 0 Å². The Morgan fingerprint density at radius 2 is 2.05 bits per heavy atom. The highest BCUT2D eigenvalue weighted by molar-refractivity contribution is 7.89. The van der Waals surface area contributed by atoms with E-state index >= 15 is 0 Å². The van der Waals surface area contributed by atoms with Crippen LogP contribution in [-0.2, 0) is 23.0 Å². The molecule has 0 aliphatic carbocycles. The maximum absolute atomic E-state index is 13.9. The van der Waals surface area contributed by atoms with Gasteiger partial charge in [0.15, 0.2) is 0 Å². The van der Waals surface area contributed by atoms with E-state index in [-0.39, 0.29) is 11.4 Å². The van der Waals surface area contributed by atoms with Crippen LogP contribution in [0.3, 0.4) is 0 Å². The molecule has 2 aromatic rings. The lowest BCUT2D eigenvalue weighted by Gasteiger charge is -2.08. The maximum Gasteiger partial charge on any atom is 0.243 e. The molecule has 0 radical (unpaired) electrons. The molecule has 0 bridgehead atoms. The summed E-state index contributed by atoms with van der Waals surface area (Å²) in [7, 11) is -2.07. The van der Waals surface area contributed by atoms with Gasteiger partial charge in [0, 0.05) is 13.1 Å². The lowest BCUT2D eigenvalue weighted by Crippen LogP contribution is -2.26. The second kappa shape index (κ2) is 7.13. The lowest BCUT2D eigenvalue weighted by molar-refractivity contribution is 0.555. The summed E-state index contributed by atoms with van der Waals surface area (Å²) < 4.78 is 40.5. The summed E-state index contributed by atoms with van der Waals surface area (Å²) in [6.45, 7) is 0.736. The summed E-state index contributed by atoms with van der Waals surface area (Å²) in [5.74, 6) is -0.731. The minimum Gasteiger partial charge on any atom is -0.316 e. The summed E-state index contributed by atoms with van der Waals surface area (Å²) in [6, 6.07) is 6.08. The van der Waals surface area contributed by atoms with Crippen LogP contribution < -0.4 is 10.0 Å². The number of benzene rings is 1. The van der Waals surface area contributed by atoms with Crippen molar-refractivity contribution >= 4 is 21.4 Å². The van der Waals surface area contributed by atoms with Crippen molar-refractivity contribution in [2.24, 2.45) is 0 Å². The van der Waals surface area contributed by atoms with E-state index in [1.165, 1.54) is 12.1 Å². The summed E-state index contributed by atoms with van der Waals surface area (Å²) in [6.07, 6.45) is 0.586. The summed E-state index contributed by atoms with van der Waals surface area (Å²) in [4.78, 5) is -0.312. The zero-order valence-electron chi connectivity index (χ0n) is 11.6. The average molecular weight is 328 g/mol. The molecule has 1 aromatic carbocycles. The molecular formula is C14H17FN2O2S2. The van der Waals surface area contributed by atoms with Gasteiger partial charge in [-0.1, -0.05) is 6.07 Å². The molecule has 0 unspecified atom stereocenters. The second-order valence-electron chi connectivity index (χ2n) is 4.57. The third kappa shape index (κ3) is 4.34. The SMILES string of the molecule is CNCc1ccc(S(=O)(=O)NCCc2ccsc2)c(F)c1. The number of hydrogen-bond acceptors (Lipinski definition) is 4. The third-order valence-corrected chi connectivity index (χ3v) is 5.18. The monoisotopic (exact) mass is 328 g/mol. The van der Waals surface area contributed by atoms with Gasteiger partial charge in [-0.15, -0.1) is 0 Å². The Balaban J connectivity index is 2.04. The van der Waals surface area contributed by atoms with Gasteiger partial charge in [-0.3, -0.25) is 0 Å². The van der Waals surface area contributed by atoms with Crippen molar-refractivity contribution in [3.05, 3.63) is 52.0 Å². The fourth-order valence-electron chi connectivity index (χ4n) is 1.92. The first kappa shape index (κ1) is 16.1. The molecule has 1 heterocycles. The van der Waals surface area contributed by atoms with E-state index in [9.17, 15) is 12.8 Å². The summed E-state index contributed by atoms with van der Waals surface area (Å²) >= 11 is 1.56. The van der Waals surface area contributed by atoms with Crippen LogP contribution in [0.15, 0.2) is 39.9 Å². The Labute approximate surface area is 128 Å². The predicted octanol–water partition coefficient (Wildman–Crippen LogP) is 2.13. The van der Waals surface area contributed by atoms with E-state index < -0.39 is 15.8 Å². The van der Waals surface area contributed by atoms with Crippen molar-refractivity contribution in [1.29, 1.82) is 0 Å². The molecule has 0 aliphatic heterocycles. The van der Waals surface area contributed by atoms with Crippen molar-refractivity contribution in [3.8, 4) is 0 Å². The highest BCUT2D eigenvalue weighted by atomic mass is 32.2. The van der Waals surface area contributed by atoms with Crippen LogP contribution in [0.4, 0.5) is 4.39 Å². The zero-order valence-corrected chi connectivity index (χ0v) is 13.2. The van der Waals surface area contributed by atoms with Crippen LogP contribution in [0.1, 0.15) is 11.1 Å². The molecule has 0 saturated heterocycles.